The van der Waals surface area contributed by atoms with Crippen LogP contribution < -0.4 is 5.32 Å². The van der Waals surface area contributed by atoms with Crippen LogP contribution in [-0.2, 0) is 21.2 Å². The SMILES string of the molecule is O=C(NCc1ccc(C(=O)N2CCCCC2)cc1)C1CCN(C2CCS(=O)(=O)C2)CC1. The van der Waals surface area contributed by atoms with Gasteiger partial charge in [0.1, 0.15) is 0 Å². The second kappa shape index (κ2) is 9.69. The van der Waals surface area contributed by atoms with Crippen molar-refractivity contribution in [3.63, 3.8) is 0 Å². The standard InChI is InChI=1S/C23H33N3O4S/c27-22(19-8-13-25(14-9-19)21-10-15-31(29,30)17-21)24-16-18-4-6-20(7-5-18)23(28)26-11-2-1-3-12-26/h4-7,19,21H,1-3,8-17H2,(H,24,27). The van der Waals surface area contributed by atoms with E-state index in [4.69, 9.17) is 0 Å². The van der Waals surface area contributed by atoms with Crippen molar-refractivity contribution in [2.45, 2.75) is 51.1 Å². The van der Waals surface area contributed by atoms with E-state index in [0.717, 1.165) is 63.8 Å². The second-order valence-electron chi connectivity index (χ2n) is 9.13. The summed E-state index contributed by atoms with van der Waals surface area (Å²) in [6.07, 6.45) is 5.61. The molecular weight excluding hydrogens is 414 g/mol. The number of nitrogens with zero attached hydrogens (tertiary/aromatic N) is 2. The van der Waals surface area contributed by atoms with Gasteiger partial charge in [-0.3, -0.25) is 14.5 Å². The summed E-state index contributed by atoms with van der Waals surface area (Å²) >= 11 is 0. The molecule has 8 heteroatoms. The molecule has 0 aromatic heterocycles. The van der Waals surface area contributed by atoms with Gasteiger partial charge in [-0.25, -0.2) is 8.42 Å². The summed E-state index contributed by atoms with van der Waals surface area (Å²) in [4.78, 5) is 29.3. The van der Waals surface area contributed by atoms with Crippen LogP contribution in [0.1, 0.15) is 54.4 Å². The van der Waals surface area contributed by atoms with Crippen LogP contribution in [-0.4, -0.2) is 73.8 Å². The Labute approximate surface area is 185 Å². The van der Waals surface area contributed by atoms with E-state index >= 15 is 0 Å². The van der Waals surface area contributed by atoms with Crippen LogP contribution >= 0.6 is 0 Å². The molecule has 1 N–H and O–H groups in total. The van der Waals surface area contributed by atoms with Crippen molar-refractivity contribution in [2.24, 2.45) is 5.92 Å². The first-order valence-corrected chi connectivity index (χ1v) is 13.3. The summed E-state index contributed by atoms with van der Waals surface area (Å²) in [6, 6.07) is 7.67. The molecule has 0 aliphatic carbocycles. The summed E-state index contributed by atoms with van der Waals surface area (Å²) in [5, 5.41) is 3.03. The van der Waals surface area contributed by atoms with Crippen LogP contribution in [0.5, 0.6) is 0 Å². The predicted octanol–water partition coefficient (Wildman–Crippen LogP) is 1.83. The van der Waals surface area contributed by atoms with Crippen molar-refractivity contribution in [1.82, 2.24) is 15.1 Å². The lowest BCUT2D eigenvalue weighted by atomic mass is 9.94. The molecule has 4 rings (SSSR count). The quantitative estimate of drug-likeness (QED) is 0.744. The van der Waals surface area contributed by atoms with Gasteiger partial charge >= 0.3 is 0 Å². The van der Waals surface area contributed by atoms with E-state index in [-0.39, 0.29) is 29.5 Å². The number of rotatable bonds is 5. The van der Waals surface area contributed by atoms with Crippen molar-refractivity contribution >= 4 is 21.7 Å². The van der Waals surface area contributed by atoms with Crippen LogP contribution in [0.15, 0.2) is 24.3 Å². The molecule has 2 amide bonds. The van der Waals surface area contributed by atoms with Gasteiger partial charge in [-0.15, -0.1) is 0 Å². The van der Waals surface area contributed by atoms with Crippen molar-refractivity contribution in [1.29, 1.82) is 0 Å². The Morgan fingerprint density at radius 1 is 0.935 bits per heavy atom. The highest BCUT2D eigenvalue weighted by molar-refractivity contribution is 7.91. The fraction of sp³-hybridized carbons (Fsp3) is 0.652. The van der Waals surface area contributed by atoms with Crippen LogP contribution in [0.4, 0.5) is 0 Å². The molecule has 1 aromatic carbocycles. The fourth-order valence-corrected chi connectivity index (χ4v) is 6.73. The van der Waals surface area contributed by atoms with Gasteiger partial charge in [-0.05, 0) is 69.3 Å². The first-order valence-electron chi connectivity index (χ1n) is 11.5. The minimum Gasteiger partial charge on any atom is -0.352 e. The zero-order valence-electron chi connectivity index (χ0n) is 18.1. The number of carbonyl (C=O) groups excluding carboxylic acids is 2. The molecule has 3 aliphatic heterocycles. The molecule has 170 valence electrons. The number of likely N-dealkylation sites (tertiary alicyclic amines) is 2. The molecule has 0 saturated carbocycles. The van der Waals surface area contributed by atoms with Crippen molar-refractivity contribution in [2.75, 3.05) is 37.7 Å². The fourth-order valence-electron chi connectivity index (χ4n) is 4.97. The minimum absolute atomic E-state index is 0.0192. The Hall–Kier alpha value is -1.93. The van der Waals surface area contributed by atoms with E-state index < -0.39 is 9.84 Å². The lowest BCUT2D eigenvalue weighted by molar-refractivity contribution is -0.126. The molecule has 7 nitrogen and oxygen atoms in total. The Balaban J connectivity index is 1.21. The summed E-state index contributed by atoms with van der Waals surface area (Å²) < 4.78 is 23.4. The average Bonchev–Trinajstić information content (AvgIpc) is 3.17. The third-order valence-electron chi connectivity index (χ3n) is 6.94. The molecule has 3 saturated heterocycles. The maximum Gasteiger partial charge on any atom is 0.253 e. The monoisotopic (exact) mass is 447 g/mol. The number of piperidine rings is 2. The van der Waals surface area contributed by atoms with Crippen LogP contribution in [0.2, 0.25) is 0 Å². The molecule has 3 fully saturated rings. The maximum absolute atomic E-state index is 12.6. The van der Waals surface area contributed by atoms with Crippen molar-refractivity contribution < 1.29 is 18.0 Å². The van der Waals surface area contributed by atoms with Gasteiger partial charge in [0.15, 0.2) is 9.84 Å². The molecule has 0 spiro atoms. The highest BCUT2D eigenvalue weighted by Gasteiger charge is 2.35. The molecule has 31 heavy (non-hydrogen) atoms. The smallest absolute Gasteiger partial charge is 0.253 e. The number of hydrogen-bond donors (Lipinski definition) is 1. The predicted molar refractivity (Wildman–Crippen MR) is 119 cm³/mol. The normalized spacial score (nSPS) is 24.8. The number of nitrogens with one attached hydrogen (secondary N) is 1. The van der Waals surface area contributed by atoms with E-state index in [9.17, 15) is 18.0 Å². The lowest BCUT2D eigenvalue weighted by Crippen LogP contribution is -2.45. The maximum atomic E-state index is 12.6. The van der Waals surface area contributed by atoms with Gasteiger partial charge in [0.2, 0.25) is 5.91 Å². The number of amides is 2. The molecule has 3 heterocycles. The van der Waals surface area contributed by atoms with E-state index in [2.05, 4.69) is 10.2 Å². The zero-order valence-corrected chi connectivity index (χ0v) is 18.9. The largest absolute Gasteiger partial charge is 0.352 e. The number of hydrogen-bond acceptors (Lipinski definition) is 5. The zero-order chi connectivity index (χ0) is 21.8. The average molecular weight is 448 g/mol. The molecular formula is C23H33N3O4S. The Morgan fingerprint density at radius 3 is 2.23 bits per heavy atom. The number of benzene rings is 1. The number of carbonyl (C=O) groups is 2. The lowest BCUT2D eigenvalue weighted by Gasteiger charge is -2.34. The molecule has 1 aromatic rings. The van der Waals surface area contributed by atoms with E-state index in [1.807, 2.05) is 29.2 Å². The van der Waals surface area contributed by atoms with E-state index in [0.29, 0.717) is 17.9 Å². The van der Waals surface area contributed by atoms with Gasteiger partial charge in [-0.2, -0.15) is 0 Å². The Bertz CT molecular complexity index is 886. The van der Waals surface area contributed by atoms with Gasteiger partial charge in [0.05, 0.1) is 11.5 Å². The van der Waals surface area contributed by atoms with Gasteiger partial charge in [0, 0.05) is 37.2 Å². The topological polar surface area (TPSA) is 86.8 Å². The molecule has 0 bridgehead atoms. The molecule has 1 unspecified atom stereocenters. The molecule has 1 atom stereocenters. The Kier molecular flexibility index (Phi) is 6.96. The second-order valence-corrected chi connectivity index (χ2v) is 11.4. The third-order valence-corrected chi connectivity index (χ3v) is 8.69. The summed E-state index contributed by atoms with van der Waals surface area (Å²) in [6.45, 7) is 3.70. The molecule has 0 radical (unpaired) electrons. The summed E-state index contributed by atoms with van der Waals surface area (Å²) in [5.41, 5.74) is 1.69. The summed E-state index contributed by atoms with van der Waals surface area (Å²) in [5.74, 6) is 0.694. The van der Waals surface area contributed by atoms with Crippen molar-refractivity contribution in [3.05, 3.63) is 35.4 Å². The van der Waals surface area contributed by atoms with Gasteiger partial charge in [-0.1, -0.05) is 12.1 Å². The highest BCUT2D eigenvalue weighted by Crippen LogP contribution is 2.24. The van der Waals surface area contributed by atoms with Gasteiger partial charge in [0.25, 0.3) is 5.91 Å². The first kappa shape index (κ1) is 22.3. The van der Waals surface area contributed by atoms with Gasteiger partial charge < -0.3 is 10.2 Å². The first-order chi connectivity index (χ1) is 14.9. The van der Waals surface area contributed by atoms with E-state index in [1.54, 1.807) is 0 Å². The van der Waals surface area contributed by atoms with E-state index in [1.165, 1.54) is 6.42 Å². The van der Waals surface area contributed by atoms with Crippen LogP contribution in [0.25, 0.3) is 0 Å². The Morgan fingerprint density at radius 2 is 1.61 bits per heavy atom. The number of sulfone groups is 1. The summed E-state index contributed by atoms with van der Waals surface area (Å²) in [7, 11) is -2.87. The minimum atomic E-state index is -2.87. The third kappa shape index (κ3) is 5.66. The van der Waals surface area contributed by atoms with Crippen LogP contribution in [0, 0.1) is 5.92 Å². The highest BCUT2D eigenvalue weighted by atomic mass is 32.2. The van der Waals surface area contributed by atoms with Crippen molar-refractivity contribution in [3.8, 4) is 0 Å². The van der Waals surface area contributed by atoms with Crippen LogP contribution in [0.3, 0.4) is 0 Å². The molecule has 3 aliphatic rings.